The summed E-state index contributed by atoms with van der Waals surface area (Å²) in [6.45, 7) is -0.330. The molecule has 0 aliphatic carbocycles. The van der Waals surface area contributed by atoms with Gasteiger partial charge in [-0.25, -0.2) is 0 Å². The van der Waals surface area contributed by atoms with Gasteiger partial charge >= 0.3 is 6.18 Å². The number of carbonyl (C=O) groups excluding carboxylic acids is 1. The Bertz CT molecular complexity index is 349. The summed E-state index contributed by atoms with van der Waals surface area (Å²) in [5.74, 6) is -0.566. The number of halogens is 3. The van der Waals surface area contributed by atoms with Crippen molar-refractivity contribution in [2.45, 2.75) is 6.18 Å². The van der Waals surface area contributed by atoms with Crippen LogP contribution in [0.2, 0.25) is 0 Å². The minimum atomic E-state index is -4.49. The van der Waals surface area contributed by atoms with Crippen LogP contribution in [0.4, 0.5) is 13.2 Å². The molecule has 0 aromatic carbocycles. The monoisotopic (exact) mass is 204 g/mol. The predicted molar refractivity (Wildman–Crippen MR) is 42.6 cm³/mol. The second kappa shape index (κ2) is 3.75. The molecule has 6 heteroatoms. The SMILES string of the molecule is NCC(=O)c1cncc(C(F)(F)F)c1. The van der Waals surface area contributed by atoms with Crippen LogP contribution in [0.3, 0.4) is 0 Å². The number of nitrogens with two attached hydrogens (primary N) is 1. The first-order valence-electron chi connectivity index (χ1n) is 3.70. The highest BCUT2D eigenvalue weighted by Crippen LogP contribution is 2.28. The highest BCUT2D eigenvalue weighted by molar-refractivity contribution is 5.97. The van der Waals surface area contributed by atoms with Crippen molar-refractivity contribution < 1.29 is 18.0 Å². The van der Waals surface area contributed by atoms with Crippen molar-refractivity contribution in [3.05, 3.63) is 29.6 Å². The second-order valence-corrected chi connectivity index (χ2v) is 2.59. The van der Waals surface area contributed by atoms with Crippen LogP contribution in [-0.4, -0.2) is 17.3 Å². The van der Waals surface area contributed by atoms with Gasteiger partial charge in [-0.3, -0.25) is 9.78 Å². The Morgan fingerprint density at radius 1 is 1.43 bits per heavy atom. The molecule has 1 aromatic heterocycles. The molecule has 1 aromatic rings. The molecule has 14 heavy (non-hydrogen) atoms. The predicted octanol–water partition coefficient (Wildman–Crippen LogP) is 1.24. The summed E-state index contributed by atoms with van der Waals surface area (Å²) in [4.78, 5) is 14.3. The fraction of sp³-hybridized carbons (Fsp3) is 0.250. The zero-order valence-electron chi connectivity index (χ0n) is 7.01. The van der Waals surface area contributed by atoms with E-state index in [1.807, 2.05) is 0 Å². The third kappa shape index (κ3) is 2.29. The van der Waals surface area contributed by atoms with Gasteiger partial charge in [-0.2, -0.15) is 13.2 Å². The van der Waals surface area contributed by atoms with Gasteiger partial charge in [0.15, 0.2) is 5.78 Å². The summed E-state index contributed by atoms with van der Waals surface area (Å²) in [7, 11) is 0. The van der Waals surface area contributed by atoms with Crippen LogP contribution in [0.5, 0.6) is 0 Å². The topological polar surface area (TPSA) is 56.0 Å². The van der Waals surface area contributed by atoms with E-state index in [0.29, 0.717) is 6.20 Å². The van der Waals surface area contributed by atoms with Crippen LogP contribution in [0.15, 0.2) is 18.5 Å². The third-order valence-corrected chi connectivity index (χ3v) is 1.57. The Balaban J connectivity index is 3.08. The highest BCUT2D eigenvalue weighted by atomic mass is 19.4. The molecule has 0 spiro atoms. The smallest absolute Gasteiger partial charge is 0.324 e. The molecule has 0 amide bonds. The summed E-state index contributed by atoms with van der Waals surface area (Å²) >= 11 is 0. The lowest BCUT2D eigenvalue weighted by Gasteiger charge is -2.06. The van der Waals surface area contributed by atoms with Gasteiger partial charge in [0, 0.05) is 18.0 Å². The van der Waals surface area contributed by atoms with Crippen molar-refractivity contribution in [2.24, 2.45) is 5.73 Å². The molecule has 0 bridgehead atoms. The van der Waals surface area contributed by atoms with E-state index < -0.39 is 17.5 Å². The average molecular weight is 204 g/mol. The molecular formula is C8H7F3N2O. The van der Waals surface area contributed by atoms with Crippen LogP contribution in [0.1, 0.15) is 15.9 Å². The molecule has 76 valence electrons. The van der Waals surface area contributed by atoms with E-state index in [4.69, 9.17) is 5.73 Å². The van der Waals surface area contributed by atoms with E-state index >= 15 is 0 Å². The largest absolute Gasteiger partial charge is 0.417 e. The van der Waals surface area contributed by atoms with Gasteiger partial charge in [0.25, 0.3) is 0 Å². The summed E-state index contributed by atoms with van der Waals surface area (Å²) in [6.07, 6.45) is -2.77. The lowest BCUT2D eigenvalue weighted by atomic mass is 10.1. The average Bonchev–Trinajstić information content (AvgIpc) is 2.15. The summed E-state index contributed by atoms with van der Waals surface area (Å²) in [6, 6.07) is 0.738. The standard InChI is InChI=1S/C8H7F3N2O/c9-8(10,11)6-1-5(3-13-4-6)7(14)2-12/h1,3-4H,2,12H2. The van der Waals surface area contributed by atoms with Crippen molar-refractivity contribution in [2.75, 3.05) is 6.54 Å². The van der Waals surface area contributed by atoms with E-state index in [0.717, 1.165) is 12.3 Å². The summed E-state index contributed by atoms with van der Waals surface area (Å²) < 4.78 is 36.5. The van der Waals surface area contributed by atoms with E-state index in [1.54, 1.807) is 0 Å². The molecule has 0 unspecified atom stereocenters. The molecule has 1 heterocycles. The number of hydrogen-bond donors (Lipinski definition) is 1. The number of alkyl halides is 3. The zero-order chi connectivity index (χ0) is 10.8. The van der Waals surface area contributed by atoms with Crippen molar-refractivity contribution in [3.8, 4) is 0 Å². The number of rotatable bonds is 2. The number of ketones is 1. The molecule has 2 N–H and O–H groups in total. The fourth-order valence-corrected chi connectivity index (χ4v) is 0.865. The Kier molecular flexibility index (Phi) is 2.85. The van der Waals surface area contributed by atoms with Gasteiger partial charge in [-0.15, -0.1) is 0 Å². The summed E-state index contributed by atoms with van der Waals surface area (Å²) in [5.41, 5.74) is 3.93. The second-order valence-electron chi connectivity index (χ2n) is 2.59. The molecule has 1 rings (SSSR count). The molecule has 0 atom stereocenters. The van der Waals surface area contributed by atoms with Gasteiger partial charge < -0.3 is 5.73 Å². The van der Waals surface area contributed by atoms with Crippen LogP contribution in [0, 0.1) is 0 Å². The van der Waals surface area contributed by atoms with Crippen molar-refractivity contribution in [1.29, 1.82) is 0 Å². The Hall–Kier alpha value is -1.43. The highest BCUT2D eigenvalue weighted by Gasteiger charge is 2.31. The van der Waals surface area contributed by atoms with Gasteiger partial charge in [-0.05, 0) is 6.07 Å². The van der Waals surface area contributed by atoms with Gasteiger partial charge in [0.1, 0.15) is 0 Å². The maximum atomic E-state index is 12.2. The first kappa shape index (κ1) is 10.6. The Labute approximate surface area is 77.7 Å². The molecule has 0 aliphatic heterocycles. The molecule has 3 nitrogen and oxygen atoms in total. The van der Waals surface area contributed by atoms with E-state index in [2.05, 4.69) is 4.98 Å². The number of Topliss-reactive ketones (excluding diaryl/α,β-unsaturated/α-hetero) is 1. The Morgan fingerprint density at radius 2 is 2.07 bits per heavy atom. The zero-order valence-corrected chi connectivity index (χ0v) is 7.01. The number of nitrogens with zero attached hydrogens (tertiary/aromatic N) is 1. The molecule has 0 radical (unpaired) electrons. The van der Waals surface area contributed by atoms with Gasteiger partial charge in [0.05, 0.1) is 12.1 Å². The lowest BCUT2D eigenvalue weighted by Crippen LogP contribution is -2.15. The minimum absolute atomic E-state index is 0.123. The first-order valence-corrected chi connectivity index (χ1v) is 3.70. The molecule has 0 saturated carbocycles. The molecular weight excluding hydrogens is 197 g/mol. The molecule has 0 fully saturated rings. The quantitative estimate of drug-likeness (QED) is 0.737. The third-order valence-electron chi connectivity index (χ3n) is 1.57. The number of pyridine rings is 1. The summed E-state index contributed by atoms with van der Waals surface area (Å²) in [5, 5.41) is 0. The van der Waals surface area contributed by atoms with E-state index in [-0.39, 0.29) is 12.1 Å². The number of carbonyl (C=O) groups is 1. The Morgan fingerprint density at radius 3 is 2.57 bits per heavy atom. The van der Waals surface area contributed by atoms with Crippen LogP contribution in [-0.2, 0) is 6.18 Å². The van der Waals surface area contributed by atoms with E-state index in [1.165, 1.54) is 0 Å². The fourth-order valence-electron chi connectivity index (χ4n) is 0.865. The van der Waals surface area contributed by atoms with Crippen LogP contribution < -0.4 is 5.73 Å². The normalized spacial score (nSPS) is 11.4. The maximum absolute atomic E-state index is 12.2. The van der Waals surface area contributed by atoms with Gasteiger partial charge in [0.2, 0.25) is 0 Å². The van der Waals surface area contributed by atoms with Crippen molar-refractivity contribution >= 4 is 5.78 Å². The minimum Gasteiger partial charge on any atom is -0.324 e. The molecule has 0 aliphatic rings. The lowest BCUT2D eigenvalue weighted by molar-refractivity contribution is -0.137. The van der Waals surface area contributed by atoms with Crippen molar-refractivity contribution in [1.82, 2.24) is 4.98 Å². The number of aromatic nitrogens is 1. The van der Waals surface area contributed by atoms with Gasteiger partial charge in [-0.1, -0.05) is 0 Å². The van der Waals surface area contributed by atoms with Crippen LogP contribution in [0.25, 0.3) is 0 Å². The van der Waals surface area contributed by atoms with Crippen molar-refractivity contribution in [3.63, 3.8) is 0 Å². The van der Waals surface area contributed by atoms with Crippen LogP contribution >= 0.6 is 0 Å². The number of hydrogen-bond acceptors (Lipinski definition) is 3. The molecule has 0 saturated heterocycles. The van der Waals surface area contributed by atoms with E-state index in [9.17, 15) is 18.0 Å². The first-order chi connectivity index (χ1) is 6.45. The maximum Gasteiger partial charge on any atom is 0.417 e.